The van der Waals surface area contributed by atoms with Gasteiger partial charge in [0.05, 0.1) is 0 Å². The maximum Gasteiger partial charge on any atom is 0.223 e. The van der Waals surface area contributed by atoms with Crippen LogP contribution in [0.15, 0.2) is 24.3 Å². The van der Waals surface area contributed by atoms with E-state index in [1.54, 1.807) is 0 Å². The highest BCUT2D eigenvalue weighted by atomic mass is 16.2. The predicted molar refractivity (Wildman–Crippen MR) is 84.7 cm³/mol. The quantitative estimate of drug-likeness (QED) is 0.925. The highest BCUT2D eigenvalue weighted by molar-refractivity contribution is 5.76. The maximum absolute atomic E-state index is 12.6. The molecule has 1 amide bonds. The van der Waals surface area contributed by atoms with E-state index in [0.717, 1.165) is 19.5 Å². The SMILES string of the molecule is NCC(CC(=O)N1CCc2ccccc2C1)C1CCCC1. The highest BCUT2D eigenvalue weighted by Crippen LogP contribution is 2.33. The Kier molecular flexibility index (Phi) is 4.59. The number of rotatable bonds is 4. The summed E-state index contributed by atoms with van der Waals surface area (Å²) in [4.78, 5) is 14.6. The molecule has 0 radical (unpaired) electrons. The third kappa shape index (κ3) is 3.29. The summed E-state index contributed by atoms with van der Waals surface area (Å²) >= 11 is 0. The first-order valence-corrected chi connectivity index (χ1v) is 8.32. The Morgan fingerprint density at radius 1 is 1.24 bits per heavy atom. The molecule has 1 unspecified atom stereocenters. The molecule has 1 saturated carbocycles. The maximum atomic E-state index is 12.6. The van der Waals surface area contributed by atoms with Crippen molar-refractivity contribution in [3.05, 3.63) is 35.4 Å². The van der Waals surface area contributed by atoms with E-state index < -0.39 is 0 Å². The van der Waals surface area contributed by atoms with Crippen LogP contribution in [0.3, 0.4) is 0 Å². The molecule has 0 aromatic heterocycles. The molecule has 1 atom stereocenters. The Hall–Kier alpha value is -1.35. The molecule has 2 N–H and O–H groups in total. The Labute approximate surface area is 127 Å². The van der Waals surface area contributed by atoms with Crippen molar-refractivity contribution in [1.82, 2.24) is 4.90 Å². The van der Waals surface area contributed by atoms with E-state index in [2.05, 4.69) is 24.3 Å². The molecule has 1 fully saturated rings. The van der Waals surface area contributed by atoms with Crippen LogP contribution < -0.4 is 5.73 Å². The van der Waals surface area contributed by atoms with E-state index in [9.17, 15) is 4.79 Å². The van der Waals surface area contributed by atoms with Gasteiger partial charge in [0.1, 0.15) is 0 Å². The van der Waals surface area contributed by atoms with Crippen LogP contribution in [0, 0.1) is 11.8 Å². The lowest BCUT2D eigenvalue weighted by Crippen LogP contribution is -2.38. The second-order valence-electron chi connectivity index (χ2n) is 6.58. The van der Waals surface area contributed by atoms with E-state index in [1.807, 2.05) is 4.90 Å². The van der Waals surface area contributed by atoms with Gasteiger partial charge in [-0.15, -0.1) is 0 Å². The minimum Gasteiger partial charge on any atom is -0.338 e. The van der Waals surface area contributed by atoms with Crippen molar-refractivity contribution in [3.8, 4) is 0 Å². The summed E-state index contributed by atoms with van der Waals surface area (Å²) in [6.07, 6.45) is 6.77. The third-order valence-electron chi connectivity index (χ3n) is 5.29. The first-order chi connectivity index (χ1) is 10.3. The fourth-order valence-corrected chi connectivity index (χ4v) is 3.93. The third-order valence-corrected chi connectivity index (χ3v) is 5.29. The van der Waals surface area contributed by atoms with Crippen molar-refractivity contribution in [2.75, 3.05) is 13.1 Å². The van der Waals surface area contributed by atoms with Crippen LogP contribution in [0.4, 0.5) is 0 Å². The van der Waals surface area contributed by atoms with E-state index in [1.165, 1.54) is 36.8 Å². The molecule has 0 bridgehead atoms. The Balaban J connectivity index is 1.60. The minimum atomic E-state index is 0.298. The lowest BCUT2D eigenvalue weighted by molar-refractivity contribution is -0.133. The smallest absolute Gasteiger partial charge is 0.223 e. The van der Waals surface area contributed by atoms with Gasteiger partial charge in [-0.05, 0) is 35.9 Å². The fraction of sp³-hybridized carbons (Fsp3) is 0.611. The van der Waals surface area contributed by atoms with Gasteiger partial charge in [-0.25, -0.2) is 0 Å². The van der Waals surface area contributed by atoms with Crippen LogP contribution in [0.2, 0.25) is 0 Å². The van der Waals surface area contributed by atoms with Crippen LogP contribution in [0.5, 0.6) is 0 Å². The number of carbonyl (C=O) groups excluding carboxylic acids is 1. The molecule has 114 valence electrons. The zero-order valence-corrected chi connectivity index (χ0v) is 12.8. The number of nitrogens with zero attached hydrogens (tertiary/aromatic N) is 1. The number of carbonyl (C=O) groups is 1. The summed E-state index contributed by atoms with van der Waals surface area (Å²) in [7, 11) is 0. The van der Waals surface area contributed by atoms with Crippen LogP contribution in [-0.2, 0) is 17.8 Å². The number of benzene rings is 1. The van der Waals surface area contributed by atoms with Gasteiger partial charge in [0.25, 0.3) is 0 Å². The minimum absolute atomic E-state index is 0.298. The van der Waals surface area contributed by atoms with Crippen LogP contribution in [-0.4, -0.2) is 23.9 Å². The molecule has 1 aliphatic heterocycles. The monoisotopic (exact) mass is 286 g/mol. The largest absolute Gasteiger partial charge is 0.338 e. The second-order valence-corrected chi connectivity index (χ2v) is 6.58. The van der Waals surface area contributed by atoms with Gasteiger partial charge in [-0.1, -0.05) is 49.9 Å². The number of hydrogen-bond donors (Lipinski definition) is 1. The van der Waals surface area contributed by atoms with E-state index >= 15 is 0 Å². The molecule has 1 aliphatic carbocycles. The van der Waals surface area contributed by atoms with Gasteiger partial charge >= 0.3 is 0 Å². The van der Waals surface area contributed by atoms with Gasteiger partial charge in [0.15, 0.2) is 0 Å². The van der Waals surface area contributed by atoms with Gasteiger partial charge in [-0.3, -0.25) is 4.79 Å². The summed E-state index contributed by atoms with van der Waals surface area (Å²) < 4.78 is 0. The molecule has 1 aromatic carbocycles. The number of nitrogens with two attached hydrogens (primary N) is 1. The van der Waals surface area contributed by atoms with Crippen LogP contribution in [0.1, 0.15) is 43.2 Å². The van der Waals surface area contributed by atoms with Crippen molar-refractivity contribution < 1.29 is 4.79 Å². The van der Waals surface area contributed by atoms with Crippen molar-refractivity contribution in [2.45, 2.75) is 45.1 Å². The first-order valence-electron chi connectivity index (χ1n) is 8.32. The highest BCUT2D eigenvalue weighted by Gasteiger charge is 2.28. The first kappa shape index (κ1) is 14.6. The van der Waals surface area contributed by atoms with Gasteiger partial charge in [0, 0.05) is 19.5 Å². The molecule has 3 heteroatoms. The fourth-order valence-electron chi connectivity index (χ4n) is 3.93. The van der Waals surface area contributed by atoms with E-state index in [4.69, 9.17) is 5.73 Å². The lowest BCUT2D eigenvalue weighted by Gasteiger charge is -2.31. The average molecular weight is 286 g/mol. The molecule has 3 rings (SSSR count). The van der Waals surface area contributed by atoms with Crippen LogP contribution in [0.25, 0.3) is 0 Å². The number of hydrogen-bond acceptors (Lipinski definition) is 2. The summed E-state index contributed by atoms with van der Waals surface area (Å²) in [5, 5.41) is 0. The normalized spacial score (nSPS) is 20.3. The Morgan fingerprint density at radius 2 is 1.95 bits per heavy atom. The molecular weight excluding hydrogens is 260 g/mol. The Morgan fingerprint density at radius 3 is 2.67 bits per heavy atom. The van der Waals surface area contributed by atoms with Crippen molar-refractivity contribution in [1.29, 1.82) is 0 Å². The number of amides is 1. The summed E-state index contributed by atoms with van der Waals surface area (Å²) in [6, 6.07) is 8.47. The standard InChI is InChI=1S/C18H26N2O/c19-12-17(14-5-1-2-6-14)11-18(21)20-10-9-15-7-3-4-8-16(15)13-20/h3-4,7-8,14,17H,1-2,5-6,9-13,19H2. The van der Waals surface area contributed by atoms with Gasteiger partial charge in [-0.2, -0.15) is 0 Å². The summed E-state index contributed by atoms with van der Waals surface area (Å²) in [5.41, 5.74) is 8.64. The van der Waals surface area contributed by atoms with E-state index in [-0.39, 0.29) is 0 Å². The molecule has 2 aliphatic rings. The van der Waals surface area contributed by atoms with E-state index in [0.29, 0.717) is 30.7 Å². The summed E-state index contributed by atoms with van der Waals surface area (Å²) in [5.74, 6) is 1.36. The molecule has 1 aromatic rings. The molecule has 1 heterocycles. The second kappa shape index (κ2) is 6.61. The van der Waals surface area contributed by atoms with Crippen LogP contribution >= 0.6 is 0 Å². The zero-order chi connectivity index (χ0) is 14.7. The van der Waals surface area contributed by atoms with Gasteiger partial charge < -0.3 is 10.6 Å². The Bertz CT molecular complexity index is 494. The molecule has 0 saturated heterocycles. The zero-order valence-electron chi connectivity index (χ0n) is 12.8. The topological polar surface area (TPSA) is 46.3 Å². The molecule has 21 heavy (non-hydrogen) atoms. The average Bonchev–Trinajstić information content (AvgIpc) is 3.06. The number of fused-ring (bicyclic) bond motifs is 1. The molecule has 0 spiro atoms. The van der Waals surface area contributed by atoms with Crippen molar-refractivity contribution in [3.63, 3.8) is 0 Å². The molecular formula is C18H26N2O. The van der Waals surface area contributed by atoms with Gasteiger partial charge in [0.2, 0.25) is 5.91 Å². The van der Waals surface area contributed by atoms with Crippen molar-refractivity contribution >= 4 is 5.91 Å². The molecule has 3 nitrogen and oxygen atoms in total. The lowest BCUT2D eigenvalue weighted by atomic mass is 9.87. The predicted octanol–water partition coefficient (Wildman–Crippen LogP) is 2.73. The summed E-state index contributed by atoms with van der Waals surface area (Å²) in [6.45, 7) is 2.29. The van der Waals surface area contributed by atoms with Crippen molar-refractivity contribution in [2.24, 2.45) is 17.6 Å².